The van der Waals surface area contributed by atoms with Gasteiger partial charge in [0, 0.05) is 59.3 Å². The van der Waals surface area contributed by atoms with E-state index in [0.29, 0.717) is 13.2 Å². The van der Waals surface area contributed by atoms with Crippen molar-refractivity contribution in [2.75, 3.05) is 40.5 Å². The van der Waals surface area contributed by atoms with Gasteiger partial charge in [-0.2, -0.15) is 0 Å². The number of piperidine rings is 1. The molecule has 0 aromatic carbocycles. The first-order valence-electron chi connectivity index (χ1n) is 6.67. The summed E-state index contributed by atoms with van der Waals surface area (Å²) >= 11 is 0. The molecule has 0 radical (unpaired) electrons. The van der Waals surface area contributed by atoms with Crippen molar-refractivity contribution in [3.8, 4) is 0 Å². The molecule has 2 heterocycles. The van der Waals surface area contributed by atoms with Crippen LogP contribution in [-0.4, -0.2) is 57.1 Å². The summed E-state index contributed by atoms with van der Waals surface area (Å²) in [6.45, 7) is 2.87. The Morgan fingerprint density at radius 3 is 2.22 bits per heavy atom. The summed E-state index contributed by atoms with van der Waals surface area (Å²) < 4.78 is 16.1. The van der Waals surface area contributed by atoms with Gasteiger partial charge in [-0.1, -0.05) is 0 Å². The number of rotatable bonds is 3. The average molecular weight is 257 g/mol. The predicted molar refractivity (Wildman–Crippen MR) is 66.1 cm³/mol. The van der Waals surface area contributed by atoms with Crippen LogP contribution in [0.5, 0.6) is 0 Å². The van der Waals surface area contributed by atoms with Gasteiger partial charge in [-0.3, -0.25) is 4.79 Å². The van der Waals surface area contributed by atoms with Gasteiger partial charge >= 0.3 is 0 Å². The number of carbonyl (C=O) groups excluding carboxylic acids is 1. The minimum atomic E-state index is -0.494. The lowest BCUT2D eigenvalue weighted by molar-refractivity contribution is -0.229. The molecule has 0 aliphatic carbocycles. The zero-order valence-electron chi connectivity index (χ0n) is 11.3. The number of nitrogens with zero attached hydrogens (tertiary/aromatic N) is 1. The van der Waals surface area contributed by atoms with Crippen molar-refractivity contribution in [3.05, 3.63) is 0 Å². The SMILES string of the molecule is COC1(OC)CCN(C(=O)C2CCOCC2)CC1. The molecule has 0 N–H and O–H groups in total. The summed E-state index contributed by atoms with van der Waals surface area (Å²) in [6, 6.07) is 0. The van der Waals surface area contributed by atoms with E-state index in [1.807, 2.05) is 4.90 Å². The second kappa shape index (κ2) is 5.99. The van der Waals surface area contributed by atoms with Gasteiger partial charge < -0.3 is 19.1 Å². The molecular weight excluding hydrogens is 234 g/mol. The monoisotopic (exact) mass is 257 g/mol. The van der Waals surface area contributed by atoms with E-state index in [1.54, 1.807) is 14.2 Å². The quantitative estimate of drug-likeness (QED) is 0.708. The second-order valence-electron chi connectivity index (χ2n) is 5.03. The van der Waals surface area contributed by atoms with Crippen LogP contribution in [0.15, 0.2) is 0 Å². The Morgan fingerprint density at radius 2 is 1.72 bits per heavy atom. The van der Waals surface area contributed by atoms with Crippen molar-refractivity contribution in [3.63, 3.8) is 0 Å². The zero-order chi connectivity index (χ0) is 13.0. The molecule has 0 unspecified atom stereocenters. The Bertz CT molecular complexity index is 275. The lowest BCUT2D eigenvalue weighted by atomic mass is 9.96. The summed E-state index contributed by atoms with van der Waals surface area (Å²) in [4.78, 5) is 14.3. The van der Waals surface area contributed by atoms with Crippen LogP contribution < -0.4 is 0 Å². The van der Waals surface area contributed by atoms with Gasteiger partial charge in [-0.25, -0.2) is 0 Å². The average Bonchev–Trinajstić information content (AvgIpc) is 2.47. The molecule has 5 heteroatoms. The molecule has 2 fully saturated rings. The fourth-order valence-corrected chi connectivity index (χ4v) is 2.76. The molecule has 0 bridgehead atoms. The smallest absolute Gasteiger partial charge is 0.225 e. The zero-order valence-corrected chi connectivity index (χ0v) is 11.3. The Balaban J connectivity index is 1.87. The Hall–Kier alpha value is -0.650. The maximum Gasteiger partial charge on any atom is 0.225 e. The number of hydrogen-bond acceptors (Lipinski definition) is 4. The molecule has 0 spiro atoms. The summed E-state index contributed by atoms with van der Waals surface area (Å²) in [5.74, 6) is -0.0673. The number of hydrogen-bond donors (Lipinski definition) is 0. The van der Waals surface area contributed by atoms with Gasteiger partial charge in [0.25, 0.3) is 0 Å². The van der Waals surface area contributed by atoms with Crippen LogP contribution in [-0.2, 0) is 19.0 Å². The fourth-order valence-electron chi connectivity index (χ4n) is 2.76. The molecule has 0 saturated carbocycles. The largest absolute Gasteiger partial charge is 0.381 e. The second-order valence-corrected chi connectivity index (χ2v) is 5.03. The third-order valence-corrected chi connectivity index (χ3v) is 4.15. The fraction of sp³-hybridized carbons (Fsp3) is 0.923. The highest BCUT2D eigenvalue weighted by atomic mass is 16.7. The van der Waals surface area contributed by atoms with E-state index in [1.165, 1.54) is 0 Å². The maximum absolute atomic E-state index is 12.3. The number of amides is 1. The molecule has 0 atom stereocenters. The molecule has 2 aliphatic rings. The van der Waals surface area contributed by atoms with Crippen LogP contribution in [0, 0.1) is 5.92 Å². The van der Waals surface area contributed by atoms with Crippen molar-refractivity contribution >= 4 is 5.91 Å². The van der Waals surface area contributed by atoms with Gasteiger partial charge in [0.1, 0.15) is 0 Å². The van der Waals surface area contributed by atoms with Gasteiger partial charge in [-0.05, 0) is 12.8 Å². The van der Waals surface area contributed by atoms with Crippen LogP contribution in [0.1, 0.15) is 25.7 Å². The first-order valence-corrected chi connectivity index (χ1v) is 6.67. The highest BCUT2D eigenvalue weighted by Gasteiger charge is 2.37. The maximum atomic E-state index is 12.3. The van der Waals surface area contributed by atoms with Crippen molar-refractivity contribution in [2.45, 2.75) is 31.5 Å². The van der Waals surface area contributed by atoms with Gasteiger partial charge in [-0.15, -0.1) is 0 Å². The van der Waals surface area contributed by atoms with Crippen LogP contribution in [0.3, 0.4) is 0 Å². The minimum absolute atomic E-state index is 0.149. The lowest BCUT2D eigenvalue weighted by Crippen LogP contribution is -2.50. The summed E-state index contributed by atoms with van der Waals surface area (Å²) in [6.07, 6.45) is 3.20. The molecule has 104 valence electrons. The summed E-state index contributed by atoms with van der Waals surface area (Å²) in [5, 5.41) is 0. The topological polar surface area (TPSA) is 48.0 Å². The first-order chi connectivity index (χ1) is 8.71. The van der Waals surface area contributed by atoms with Crippen molar-refractivity contribution < 1.29 is 19.0 Å². The third kappa shape index (κ3) is 2.84. The van der Waals surface area contributed by atoms with E-state index in [0.717, 1.165) is 38.8 Å². The highest BCUT2D eigenvalue weighted by molar-refractivity contribution is 5.79. The van der Waals surface area contributed by atoms with Crippen molar-refractivity contribution in [2.24, 2.45) is 5.92 Å². The molecule has 5 nitrogen and oxygen atoms in total. The van der Waals surface area contributed by atoms with E-state index in [9.17, 15) is 4.79 Å². The van der Waals surface area contributed by atoms with Crippen molar-refractivity contribution in [1.29, 1.82) is 0 Å². The minimum Gasteiger partial charge on any atom is -0.381 e. The molecule has 0 aromatic rings. The van der Waals surface area contributed by atoms with Gasteiger partial charge in [0.2, 0.25) is 5.91 Å². The Labute approximate surface area is 108 Å². The molecule has 18 heavy (non-hydrogen) atoms. The van der Waals surface area contributed by atoms with Crippen LogP contribution in [0.4, 0.5) is 0 Å². The van der Waals surface area contributed by atoms with E-state index >= 15 is 0 Å². The normalized spacial score (nSPS) is 25.1. The predicted octanol–water partition coefficient (Wildman–Crippen LogP) is 1.02. The summed E-state index contributed by atoms with van der Waals surface area (Å²) in [7, 11) is 3.33. The Morgan fingerprint density at radius 1 is 1.17 bits per heavy atom. The van der Waals surface area contributed by atoms with E-state index in [4.69, 9.17) is 14.2 Å². The number of carbonyl (C=O) groups is 1. The van der Waals surface area contributed by atoms with Gasteiger partial charge in [0.05, 0.1) is 0 Å². The standard InChI is InChI=1S/C13H23NO4/c1-16-13(17-2)5-7-14(8-6-13)12(15)11-3-9-18-10-4-11/h11H,3-10H2,1-2H3. The van der Waals surface area contributed by atoms with Crippen LogP contribution in [0.2, 0.25) is 0 Å². The Kier molecular flexibility index (Phi) is 4.59. The summed E-state index contributed by atoms with van der Waals surface area (Å²) in [5.41, 5.74) is 0. The van der Waals surface area contributed by atoms with Crippen LogP contribution in [0.25, 0.3) is 0 Å². The lowest BCUT2D eigenvalue weighted by Gasteiger charge is -2.40. The number of methoxy groups -OCH3 is 2. The highest BCUT2D eigenvalue weighted by Crippen LogP contribution is 2.28. The molecular formula is C13H23NO4. The molecule has 1 amide bonds. The van der Waals surface area contributed by atoms with E-state index < -0.39 is 5.79 Å². The van der Waals surface area contributed by atoms with Crippen molar-refractivity contribution in [1.82, 2.24) is 4.90 Å². The number of likely N-dealkylation sites (tertiary alicyclic amines) is 1. The van der Waals surface area contributed by atoms with Crippen LogP contribution >= 0.6 is 0 Å². The molecule has 0 aromatic heterocycles. The molecule has 2 rings (SSSR count). The van der Waals surface area contributed by atoms with E-state index in [2.05, 4.69) is 0 Å². The third-order valence-electron chi connectivity index (χ3n) is 4.15. The van der Waals surface area contributed by atoms with Gasteiger partial charge in [0.15, 0.2) is 5.79 Å². The molecule has 2 aliphatic heterocycles. The molecule has 2 saturated heterocycles. The van der Waals surface area contributed by atoms with E-state index in [-0.39, 0.29) is 11.8 Å². The number of ether oxygens (including phenoxy) is 3. The first kappa shape index (κ1) is 13.8.